The molecule has 1 rings (SSSR count). The predicted molar refractivity (Wildman–Crippen MR) is 53.2 cm³/mol. The average molecular weight is 173 g/mol. The van der Waals surface area contributed by atoms with Gasteiger partial charge in [-0.25, -0.2) is 0 Å². The molecule has 1 aliphatic rings. The summed E-state index contributed by atoms with van der Waals surface area (Å²) in [5.74, 6) is 1.36. The number of hydrogen-bond donors (Lipinski definition) is 1. The normalized spacial score (nSPS) is 27.0. The zero-order valence-corrected chi connectivity index (χ0v) is 8.63. The summed E-state index contributed by atoms with van der Waals surface area (Å²) in [6.07, 6.45) is 4.22. The van der Waals surface area contributed by atoms with Gasteiger partial charge in [0.15, 0.2) is 0 Å². The molecule has 1 aliphatic heterocycles. The first-order chi connectivity index (χ1) is 5.17. The lowest BCUT2D eigenvalue weighted by molar-refractivity contribution is 0.384. The third-order valence-electron chi connectivity index (χ3n) is 2.63. The van der Waals surface area contributed by atoms with E-state index in [1.807, 2.05) is 0 Å². The SMILES string of the molecule is CNC(C)(C)C1CCCCS1. The smallest absolute Gasteiger partial charge is 0.0240 e. The van der Waals surface area contributed by atoms with Crippen molar-refractivity contribution in [3.05, 3.63) is 0 Å². The van der Waals surface area contributed by atoms with Gasteiger partial charge in [-0.3, -0.25) is 0 Å². The van der Waals surface area contributed by atoms with Crippen LogP contribution in [0.3, 0.4) is 0 Å². The van der Waals surface area contributed by atoms with Gasteiger partial charge >= 0.3 is 0 Å². The van der Waals surface area contributed by atoms with Gasteiger partial charge in [0.1, 0.15) is 0 Å². The van der Waals surface area contributed by atoms with E-state index >= 15 is 0 Å². The third-order valence-corrected chi connectivity index (χ3v) is 4.38. The van der Waals surface area contributed by atoms with Gasteiger partial charge < -0.3 is 5.32 Å². The zero-order chi connectivity index (χ0) is 8.32. The Morgan fingerprint density at radius 2 is 2.09 bits per heavy atom. The lowest BCUT2D eigenvalue weighted by Gasteiger charge is -2.36. The van der Waals surface area contributed by atoms with Crippen LogP contribution < -0.4 is 5.32 Å². The quantitative estimate of drug-likeness (QED) is 0.687. The second kappa shape index (κ2) is 3.81. The van der Waals surface area contributed by atoms with E-state index in [9.17, 15) is 0 Å². The molecule has 2 heteroatoms. The van der Waals surface area contributed by atoms with E-state index in [1.165, 1.54) is 25.0 Å². The summed E-state index contributed by atoms with van der Waals surface area (Å²) in [6, 6.07) is 0. The largest absolute Gasteiger partial charge is 0.314 e. The molecule has 1 fully saturated rings. The van der Waals surface area contributed by atoms with Crippen LogP contribution in [-0.4, -0.2) is 23.6 Å². The molecule has 66 valence electrons. The van der Waals surface area contributed by atoms with Crippen molar-refractivity contribution in [2.75, 3.05) is 12.8 Å². The highest BCUT2D eigenvalue weighted by molar-refractivity contribution is 8.00. The highest BCUT2D eigenvalue weighted by atomic mass is 32.2. The fraction of sp³-hybridized carbons (Fsp3) is 1.00. The first kappa shape index (κ1) is 9.40. The molecule has 1 nitrogen and oxygen atoms in total. The second-order valence-electron chi connectivity index (χ2n) is 3.83. The van der Waals surface area contributed by atoms with E-state index in [-0.39, 0.29) is 0 Å². The predicted octanol–water partition coefficient (Wildman–Crippen LogP) is 2.27. The molecule has 0 aromatic rings. The Balaban J connectivity index is 2.43. The van der Waals surface area contributed by atoms with Gasteiger partial charge in [0.25, 0.3) is 0 Å². The van der Waals surface area contributed by atoms with Crippen LogP contribution in [0.5, 0.6) is 0 Å². The molecule has 0 radical (unpaired) electrons. The molecule has 1 heterocycles. The van der Waals surface area contributed by atoms with Gasteiger partial charge in [-0.1, -0.05) is 6.42 Å². The Labute approximate surface area is 74.3 Å². The van der Waals surface area contributed by atoms with E-state index in [0.29, 0.717) is 5.54 Å². The molecular weight excluding hydrogens is 154 g/mol. The van der Waals surface area contributed by atoms with Gasteiger partial charge in [0, 0.05) is 10.8 Å². The maximum atomic E-state index is 3.39. The van der Waals surface area contributed by atoms with Crippen molar-refractivity contribution in [2.24, 2.45) is 0 Å². The number of nitrogens with one attached hydrogen (secondary N) is 1. The summed E-state index contributed by atoms with van der Waals surface area (Å²) in [4.78, 5) is 0. The maximum absolute atomic E-state index is 3.39. The van der Waals surface area contributed by atoms with Crippen LogP contribution in [0.4, 0.5) is 0 Å². The van der Waals surface area contributed by atoms with E-state index in [0.717, 1.165) is 5.25 Å². The van der Waals surface area contributed by atoms with Crippen LogP contribution in [0.25, 0.3) is 0 Å². The topological polar surface area (TPSA) is 12.0 Å². The van der Waals surface area contributed by atoms with Gasteiger partial charge in [0.2, 0.25) is 0 Å². The van der Waals surface area contributed by atoms with E-state index in [1.54, 1.807) is 0 Å². The Hall–Kier alpha value is 0.310. The minimum absolute atomic E-state index is 0.324. The van der Waals surface area contributed by atoms with Crippen LogP contribution in [-0.2, 0) is 0 Å². The summed E-state index contributed by atoms with van der Waals surface area (Å²) in [7, 11) is 2.06. The lowest BCUT2D eigenvalue weighted by Crippen LogP contribution is -2.46. The summed E-state index contributed by atoms with van der Waals surface area (Å²) in [6.45, 7) is 4.60. The molecule has 1 saturated heterocycles. The molecule has 0 amide bonds. The minimum atomic E-state index is 0.324. The molecular formula is C9H19NS. The fourth-order valence-electron chi connectivity index (χ4n) is 1.47. The molecule has 1 atom stereocenters. The number of hydrogen-bond acceptors (Lipinski definition) is 2. The standard InChI is InChI=1S/C9H19NS/c1-9(2,10-3)8-6-4-5-7-11-8/h8,10H,4-7H2,1-3H3. The Morgan fingerprint density at radius 3 is 2.55 bits per heavy atom. The Morgan fingerprint density at radius 1 is 1.36 bits per heavy atom. The van der Waals surface area contributed by atoms with Crippen LogP contribution >= 0.6 is 11.8 Å². The van der Waals surface area contributed by atoms with Crippen molar-refractivity contribution in [3.8, 4) is 0 Å². The van der Waals surface area contributed by atoms with E-state index < -0.39 is 0 Å². The Bertz CT molecular complexity index is 117. The highest BCUT2D eigenvalue weighted by Gasteiger charge is 2.29. The zero-order valence-electron chi connectivity index (χ0n) is 7.81. The number of thioether (sulfide) groups is 1. The van der Waals surface area contributed by atoms with Gasteiger partial charge in [-0.2, -0.15) is 11.8 Å². The molecule has 0 aromatic carbocycles. The van der Waals surface area contributed by atoms with Crippen molar-refractivity contribution in [1.82, 2.24) is 5.32 Å². The molecule has 0 aliphatic carbocycles. The van der Waals surface area contributed by atoms with E-state index in [4.69, 9.17) is 0 Å². The molecule has 0 aromatic heterocycles. The van der Waals surface area contributed by atoms with Gasteiger partial charge in [-0.15, -0.1) is 0 Å². The van der Waals surface area contributed by atoms with E-state index in [2.05, 4.69) is 38.0 Å². The molecule has 1 N–H and O–H groups in total. The van der Waals surface area contributed by atoms with Crippen LogP contribution in [0.15, 0.2) is 0 Å². The van der Waals surface area contributed by atoms with Gasteiger partial charge in [-0.05, 0) is 39.5 Å². The van der Waals surface area contributed by atoms with Crippen LogP contribution in [0, 0.1) is 0 Å². The third kappa shape index (κ3) is 2.38. The van der Waals surface area contributed by atoms with Crippen molar-refractivity contribution in [2.45, 2.75) is 43.9 Å². The fourth-order valence-corrected chi connectivity index (χ4v) is 2.99. The molecule has 0 bridgehead atoms. The summed E-state index contributed by atoms with van der Waals surface area (Å²) in [5, 5.41) is 4.21. The number of rotatable bonds is 2. The highest BCUT2D eigenvalue weighted by Crippen LogP contribution is 2.32. The maximum Gasteiger partial charge on any atom is 0.0240 e. The minimum Gasteiger partial charge on any atom is -0.314 e. The monoisotopic (exact) mass is 173 g/mol. The Kier molecular flexibility index (Phi) is 3.26. The summed E-state index contributed by atoms with van der Waals surface area (Å²) < 4.78 is 0. The molecule has 0 spiro atoms. The van der Waals surface area contributed by atoms with Crippen molar-refractivity contribution in [1.29, 1.82) is 0 Å². The van der Waals surface area contributed by atoms with Crippen LogP contribution in [0.1, 0.15) is 33.1 Å². The first-order valence-electron chi connectivity index (χ1n) is 4.47. The summed E-state index contributed by atoms with van der Waals surface area (Å²) >= 11 is 2.13. The summed E-state index contributed by atoms with van der Waals surface area (Å²) in [5.41, 5.74) is 0.324. The van der Waals surface area contributed by atoms with Crippen molar-refractivity contribution >= 4 is 11.8 Å². The second-order valence-corrected chi connectivity index (χ2v) is 5.14. The van der Waals surface area contributed by atoms with Crippen molar-refractivity contribution in [3.63, 3.8) is 0 Å². The molecule has 11 heavy (non-hydrogen) atoms. The van der Waals surface area contributed by atoms with Crippen LogP contribution in [0.2, 0.25) is 0 Å². The molecule has 0 saturated carbocycles. The van der Waals surface area contributed by atoms with Crippen molar-refractivity contribution < 1.29 is 0 Å². The van der Waals surface area contributed by atoms with Gasteiger partial charge in [0.05, 0.1) is 0 Å². The average Bonchev–Trinajstić information content (AvgIpc) is 2.06. The molecule has 1 unspecified atom stereocenters. The lowest BCUT2D eigenvalue weighted by atomic mass is 9.96. The first-order valence-corrected chi connectivity index (χ1v) is 5.52.